The Bertz CT molecular complexity index is 266. The van der Waals surface area contributed by atoms with E-state index >= 15 is 0 Å². The van der Waals surface area contributed by atoms with Gasteiger partial charge in [-0.05, 0) is 41.5 Å². The van der Waals surface area contributed by atoms with E-state index in [9.17, 15) is 4.79 Å². The van der Waals surface area contributed by atoms with E-state index in [1.165, 1.54) is 6.08 Å². The minimum atomic E-state index is -2.26. The van der Waals surface area contributed by atoms with Crippen molar-refractivity contribution in [2.24, 2.45) is 0 Å². The molecule has 0 spiro atoms. The lowest BCUT2D eigenvalue weighted by atomic mass is 10.5. The molecule has 0 aliphatic carbocycles. The largest absolute Gasteiger partial charge is 1.00 e. The second kappa shape index (κ2) is 9.40. The first-order valence-electron chi connectivity index (χ1n) is 6.17. The SMILES string of the molecule is CCOC(=O)/C=C(/C)[O][Al]([O]C(C)C)[O]C(C)C. The molecule has 0 saturated carbocycles. The van der Waals surface area contributed by atoms with E-state index in [0.717, 1.165) is 0 Å². The van der Waals surface area contributed by atoms with Gasteiger partial charge in [0.1, 0.15) is 0 Å². The topological polar surface area (TPSA) is 54.0 Å². The number of carbonyl (C=O) groups is 1. The summed E-state index contributed by atoms with van der Waals surface area (Å²) in [4.78, 5) is 11.2. The molecule has 0 unspecified atom stereocenters. The van der Waals surface area contributed by atoms with Crippen molar-refractivity contribution in [1.82, 2.24) is 0 Å². The van der Waals surface area contributed by atoms with Gasteiger partial charge in [-0.3, -0.25) is 0 Å². The minimum Gasteiger partial charge on any atom is -0.602 e. The molecule has 0 N–H and O–H groups in total. The van der Waals surface area contributed by atoms with Crippen LogP contribution in [0.5, 0.6) is 0 Å². The molecule has 0 saturated heterocycles. The zero-order chi connectivity index (χ0) is 14.1. The van der Waals surface area contributed by atoms with Crippen LogP contribution < -0.4 is 0 Å². The molecule has 0 heterocycles. The van der Waals surface area contributed by atoms with Crippen molar-refractivity contribution < 1.29 is 20.9 Å². The molecule has 0 rings (SSSR count). The zero-order valence-electron chi connectivity index (χ0n) is 12.1. The summed E-state index contributed by atoms with van der Waals surface area (Å²) >= 11 is -2.26. The first-order chi connectivity index (χ1) is 8.35. The lowest BCUT2D eigenvalue weighted by Gasteiger charge is -2.18. The maximum atomic E-state index is 11.2. The van der Waals surface area contributed by atoms with Gasteiger partial charge in [0.25, 0.3) is 0 Å². The van der Waals surface area contributed by atoms with E-state index in [1.807, 2.05) is 27.7 Å². The van der Waals surface area contributed by atoms with Gasteiger partial charge in [-0.1, -0.05) is 0 Å². The fourth-order valence-electron chi connectivity index (χ4n) is 1.07. The zero-order valence-corrected chi connectivity index (χ0v) is 13.2. The highest BCUT2D eigenvalue weighted by Crippen LogP contribution is 2.07. The Balaban J connectivity index is 4.41. The van der Waals surface area contributed by atoms with Crippen LogP contribution in [0.15, 0.2) is 11.8 Å². The van der Waals surface area contributed by atoms with Crippen molar-refractivity contribution >= 4 is 21.1 Å². The molecule has 0 fully saturated rings. The molecule has 0 radical (unpaired) electrons. The third-order valence-electron chi connectivity index (χ3n) is 1.66. The summed E-state index contributed by atoms with van der Waals surface area (Å²) in [5.74, 6) is 0.0308. The average Bonchev–Trinajstić information content (AvgIpc) is 2.14. The maximum Gasteiger partial charge on any atom is 1.00 e. The first kappa shape index (κ1) is 17.5. The van der Waals surface area contributed by atoms with Crippen LogP contribution in [0.3, 0.4) is 0 Å². The molecule has 0 aromatic carbocycles. The van der Waals surface area contributed by atoms with Gasteiger partial charge in [-0.15, -0.1) is 0 Å². The number of rotatable bonds is 8. The molecule has 0 atom stereocenters. The van der Waals surface area contributed by atoms with E-state index < -0.39 is 21.1 Å². The van der Waals surface area contributed by atoms with Gasteiger partial charge in [-0.2, -0.15) is 0 Å². The Hall–Kier alpha value is -0.538. The quantitative estimate of drug-likeness (QED) is 0.294. The predicted octanol–water partition coefficient (Wildman–Crippen LogP) is 2.30. The Morgan fingerprint density at radius 2 is 1.67 bits per heavy atom. The third-order valence-corrected chi connectivity index (χ3v) is 3.75. The molecule has 0 amide bonds. The first-order valence-corrected chi connectivity index (χ1v) is 7.59. The minimum absolute atomic E-state index is 0.0239. The van der Waals surface area contributed by atoms with Crippen LogP contribution in [0.1, 0.15) is 41.5 Å². The summed E-state index contributed by atoms with van der Waals surface area (Å²) in [5, 5.41) is 0. The second-order valence-electron chi connectivity index (χ2n) is 4.28. The van der Waals surface area contributed by atoms with Crippen molar-refractivity contribution in [1.29, 1.82) is 0 Å². The lowest BCUT2D eigenvalue weighted by Crippen LogP contribution is -2.32. The fourth-order valence-corrected chi connectivity index (χ4v) is 2.50. The molecule has 18 heavy (non-hydrogen) atoms. The van der Waals surface area contributed by atoms with Crippen LogP contribution in [0.25, 0.3) is 0 Å². The van der Waals surface area contributed by atoms with E-state index in [-0.39, 0.29) is 12.2 Å². The number of hydrogen-bond donors (Lipinski definition) is 0. The smallest absolute Gasteiger partial charge is 0.602 e. The molecule has 5 nitrogen and oxygen atoms in total. The molecular weight excluding hydrogens is 251 g/mol. The number of ether oxygens (including phenoxy) is 1. The summed E-state index contributed by atoms with van der Waals surface area (Å²) < 4.78 is 21.5. The summed E-state index contributed by atoms with van der Waals surface area (Å²) in [6, 6.07) is 0. The van der Waals surface area contributed by atoms with Crippen LogP contribution in [0.2, 0.25) is 0 Å². The van der Waals surface area contributed by atoms with Gasteiger partial charge in [-0.25, -0.2) is 4.79 Å². The normalized spacial score (nSPS) is 11.9. The summed E-state index contributed by atoms with van der Waals surface area (Å²) in [6.07, 6.45) is 1.35. The van der Waals surface area contributed by atoms with Gasteiger partial charge in [0.05, 0.1) is 18.4 Å². The number of esters is 1. The second-order valence-corrected chi connectivity index (χ2v) is 5.64. The van der Waals surface area contributed by atoms with Gasteiger partial charge in [0.2, 0.25) is 0 Å². The van der Waals surface area contributed by atoms with Crippen LogP contribution in [0, 0.1) is 0 Å². The molecule has 0 aromatic rings. The third kappa shape index (κ3) is 9.49. The van der Waals surface area contributed by atoms with Crippen molar-refractivity contribution in [3.63, 3.8) is 0 Å². The lowest BCUT2D eigenvalue weighted by molar-refractivity contribution is -0.137. The van der Waals surface area contributed by atoms with Crippen LogP contribution in [-0.2, 0) is 20.9 Å². The molecule has 0 aliphatic rings. The average molecular weight is 274 g/mol. The number of carbonyl (C=O) groups excluding carboxylic acids is 1. The van der Waals surface area contributed by atoms with Crippen LogP contribution in [-0.4, -0.2) is 39.9 Å². The van der Waals surface area contributed by atoms with Gasteiger partial charge >= 0.3 is 21.1 Å². The molecule has 104 valence electrons. The van der Waals surface area contributed by atoms with Crippen LogP contribution in [0.4, 0.5) is 0 Å². The summed E-state index contributed by atoms with van der Waals surface area (Å²) in [7, 11) is 0. The Labute approximate surface area is 114 Å². The Kier molecular flexibility index (Phi) is 9.12. The predicted molar refractivity (Wildman–Crippen MR) is 69.7 cm³/mol. The summed E-state index contributed by atoms with van der Waals surface area (Å²) in [5.41, 5.74) is 0. The Morgan fingerprint density at radius 3 is 2.06 bits per heavy atom. The monoisotopic (exact) mass is 274 g/mol. The molecule has 0 aliphatic heterocycles. The van der Waals surface area contributed by atoms with E-state index in [4.69, 9.17) is 16.1 Å². The van der Waals surface area contributed by atoms with Crippen molar-refractivity contribution in [2.75, 3.05) is 6.61 Å². The van der Waals surface area contributed by atoms with Crippen LogP contribution >= 0.6 is 0 Å². The maximum absolute atomic E-state index is 11.2. The molecule has 0 bridgehead atoms. The van der Waals surface area contributed by atoms with Crippen molar-refractivity contribution in [2.45, 2.75) is 53.8 Å². The molecule has 6 heteroatoms. The van der Waals surface area contributed by atoms with E-state index in [2.05, 4.69) is 0 Å². The number of allylic oxidation sites excluding steroid dienone is 1. The van der Waals surface area contributed by atoms with Crippen molar-refractivity contribution in [3.8, 4) is 0 Å². The number of hydrogen-bond acceptors (Lipinski definition) is 5. The van der Waals surface area contributed by atoms with E-state index in [1.54, 1.807) is 13.8 Å². The Morgan fingerprint density at radius 1 is 1.17 bits per heavy atom. The molecule has 0 aromatic heterocycles. The molecular formula is C12H23AlO5. The highest BCUT2D eigenvalue weighted by atomic mass is 27.3. The highest BCUT2D eigenvalue weighted by Gasteiger charge is 2.37. The van der Waals surface area contributed by atoms with Crippen molar-refractivity contribution in [3.05, 3.63) is 11.8 Å². The van der Waals surface area contributed by atoms with Gasteiger partial charge in [0, 0.05) is 12.2 Å². The fraction of sp³-hybridized carbons (Fsp3) is 0.750. The standard InChI is InChI=1S/C6H10O3.2C3H7O.Al/c1-3-9-6(8)4-5(2)7;2*1-3(2)4;/h4,7H,3H2,1-2H3;2*3H,1-2H3;/q;2*-1;+3/p-1/b5-4-;;;. The van der Waals surface area contributed by atoms with Gasteiger partial charge in [0.15, 0.2) is 0 Å². The van der Waals surface area contributed by atoms with Gasteiger partial charge < -0.3 is 16.1 Å². The van der Waals surface area contributed by atoms with E-state index in [0.29, 0.717) is 12.4 Å². The highest BCUT2D eigenvalue weighted by molar-refractivity contribution is 6.36. The summed E-state index contributed by atoms with van der Waals surface area (Å²) in [6.45, 7) is 11.4.